The fraction of sp³-hybridized carbons (Fsp3) is 0.111. The average molecular weight is 423 g/mol. The van der Waals surface area contributed by atoms with Crippen LogP contribution >= 0.6 is 0 Å². The molecular weight excluding hydrogens is 401 g/mol. The Bertz CT molecular complexity index is 1390. The molecule has 0 aliphatic rings. The Balaban J connectivity index is 1.56. The highest BCUT2D eigenvalue weighted by molar-refractivity contribution is 6.09. The number of aryl methyl sites for hydroxylation is 2. The first-order chi connectivity index (χ1) is 15.4. The number of hydrogen-bond donors (Lipinski definition) is 1. The summed E-state index contributed by atoms with van der Waals surface area (Å²) < 4.78 is 15.5. The average Bonchev–Trinajstić information content (AvgIpc) is 3.16. The van der Waals surface area contributed by atoms with E-state index >= 15 is 0 Å². The van der Waals surface area contributed by atoms with E-state index < -0.39 is 5.91 Å². The number of anilines is 1. The third-order valence-electron chi connectivity index (χ3n) is 5.48. The van der Waals surface area contributed by atoms with Crippen molar-refractivity contribution in [2.45, 2.75) is 20.4 Å². The van der Waals surface area contributed by atoms with Crippen LogP contribution in [0.15, 0.2) is 78.5 Å². The van der Waals surface area contributed by atoms with E-state index in [0.717, 1.165) is 33.2 Å². The number of fused-ring (bicyclic) bond motifs is 1. The lowest BCUT2D eigenvalue weighted by molar-refractivity contribution is -0.112. The van der Waals surface area contributed by atoms with Gasteiger partial charge in [-0.15, -0.1) is 0 Å². The molecule has 4 rings (SSSR count). The summed E-state index contributed by atoms with van der Waals surface area (Å²) in [6.07, 6.45) is 3.53. The van der Waals surface area contributed by atoms with Crippen molar-refractivity contribution in [3.63, 3.8) is 0 Å². The van der Waals surface area contributed by atoms with E-state index in [2.05, 4.69) is 5.32 Å². The van der Waals surface area contributed by atoms with Gasteiger partial charge in [0.2, 0.25) is 0 Å². The first kappa shape index (κ1) is 21.1. The molecule has 158 valence electrons. The highest BCUT2D eigenvalue weighted by Crippen LogP contribution is 2.21. The van der Waals surface area contributed by atoms with E-state index in [-0.39, 0.29) is 11.4 Å². The lowest BCUT2D eigenvalue weighted by atomic mass is 10.1. The Hall–Kier alpha value is -4.17. The van der Waals surface area contributed by atoms with E-state index in [0.29, 0.717) is 12.2 Å². The van der Waals surface area contributed by atoms with Crippen LogP contribution in [0.2, 0.25) is 0 Å². The van der Waals surface area contributed by atoms with Gasteiger partial charge >= 0.3 is 0 Å². The summed E-state index contributed by atoms with van der Waals surface area (Å²) in [5, 5.41) is 13.3. The summed E-state index contributed by atoms with van der Waals surface area (Å²) in [4.78, 5) is 12.6. The van der Waals surface area contributed by atoms with Crippen molar-refractivity contribution in [2.75, 3.05) is 5.32 Å². The number of carbonyl (C=O) groups excluding carboxylic acids is 1. The quantitative estimate of drug-likeness (QED) is 0.317. The van der Waals surface area contributed by atoms with Crippen LogP contribution in [0, 0.1) is 31.0 Å². The van der Waals surface area contributed by atoms with E-state index in [1.54, 1.807) is 12.1 Å². The van der Waals surface area contributed by atoms with Crippen molar-refractivity contribution >= 4 is 28.6 Å². The highest BCUT2D eigenvalue weighted by Gasteiger charge is 2.11. The number of amides is 1. The third-order valence-corrected chi connectivity index (χ3v) is 5.48. The van der Waals surface area contributed by atoms with Crippen molar-refractivity contribution in [3.8, 4) is 6.07 Å². The molecule has 5 heteroatoms. The number of nitrogens with zero attached hydrogens (tertiary/aromatic N) is 2. The molecule has 32 heavy (non-hydrogen) atoms. The molecule has 0 saturated heterocycles. The zero-order valence-corrected chi connectivity index (χ0v) is 17.9. The largest absolute Gasteiger partial charge is 0.343 e. The van der Waals surface area contributed by atoms with Gasteiger partial charge < -0.3 is 9.88 Å². The summed E-state index contributed by atoms with van der Waals surface area (Å²) >= 11 is 0. The van der Waals surface area contributed by atoms with Crippen molar-refractivity contribution in [1.82, 2.24) is 4.57 Å². The van der Waals surface area contributed by atoms with Gasteiger partial charge in [-0.1, -0.05) is 24.3 Å². The van der Waals surface area contributed by atoms with Crippen LogP contribution in [0.5, 0.6) is 0 Å². The standard InChI is InChI=1S/C27H22FN3O/c1-18-6-8-25(12-19(18)2)30-27(32)23(16-29)14-20-7-9-26-22(13-20)10-11-31(26)17-21-4-3-5-24(28)15-21/h3-15H,17H2,1-2H3,(H,30,32)/b23-14+. The molecular formula is C27H22FN3O. The van der Waals surface area contributed by atoms with E-state index in [4.69, 9.17) is 0 Å². The monoisotopic (exact) mass is 423 g/mol. The normalized spacial score (nSPS) is 11.4. The molecule has 0 bridgehead atoms. The van der Waals surface area contributed by atoms with Gasteiger partial charge in [-0.05, 0) is 84.6 Å². The number of benzene rings is 3. The number of hydrogen-bond acceptors (Lipinski definition) is 2. The maximum Gasteiger partial charge on any atom is 0.266 e. The Morgan fingerprint density at radius 2 is 1.91 bits per heavy atom. The van der Waals surface area contributed by atoms with E-state index in [9.17, 15) is 14.4 Å². The lowest BCUT2D eigenvalue weighted by Gasteiger charge is -2.08. The van der Waals surface area contributed by atoms with Gasteiger partial charge in [-0.25, -0.2) is 4.39 Å². The Kier molecular flexibility index (Phi) is 5.87. The van der Waals surface area contributed by atoms with Gasteiger partial charge in [0.1, 0.15) is 17.5 Å². The minimum absolute atomic E-state index is 0.0294. The van der Waals surface area contributed by atoms with Gasteiger partial charge in [-0.3, -0.25) is 4.79 Å². The molecule has 0 atom stereocenters. The number of nitriles is 1. The first-order valence-electron chi connectivity index (χ1n) is 10.3. The van der Waals surface area contributed by atoms with Crippen LogP contribution in [0.4, 0.5) is 10.1 Å². The molecule has 1 N–H and O–H groups in total. The topological polar surface area (TPSA) is 57.8 Å². The second-order valence-electron chi connectivity index (χ2n) is 7.81. The zero-order valence-electron chi connectivity index (χ0n) is 17.9. The van der Waals surface area contributed by atoms with Crippen LogP contribution in [-0.2, 0) is 11.3 Å². The van der Waals surface area contributed by atoms with Crippen molar-refractivity contribution in [3.05, 3.63) is 107 Å². The fourth-order valence-corrected chi connectivity index (χ4v) is 3.61. The number of carbonyl (C=O) groups is 1. The van der Waals surface area contributed by atoms with Gasteiger partial charge in [0.05, 0.1) is 0 Å². The Morgan fingerprint density at radius 1 is 1.06 bits per heavy atom. The molecule has 4 aromatic rings. The maximum absolute atomic E-state index is 13.5. The van der Waals surface area contributed by atoms with Gasteiger partial charge in [0, 0.05) is 29.3 Å². The summed E-state index contributed by atoms with van der Waals surface area (Å²) in [6.45, 7) is 4.53. The number of rotatable bonds is 5. The van der Waals surface area contributed by atoms with E-state index in [1.165, 1.54) is 12.1 Å². The maximum atomic E-state index is 13.5. The van der Waals surface area contributed by atoms with Gasteiger partial charge in [0.25, 0.3) is 5.91 Å². The molecule has 0 radical (unpaired) electrons. The summed E-state index contributed by atoms with van der Waals surface area (Å²) in [5.74, 6) is -0.700. The second kappa shape index (κ2) is 8.91. The molecule has 4 nitrogen and oxygen atoms in total. The minimum Gasteiger partial charge on any atom is -0.343 e. The molecule has 0 aliphatic heterocycles. The Morgan fingerprint density at radius 3 is 2.66 bits per heavy atom. The number of nitrogens with one attached hydrogen (secondary N) is 1. The lowest BCUT2D eigenvalue weighted by Crippen LogP contribution is -2.13. The van der Waals surface area contributed by atoms with Crippen LogP contribution < -0.4 is 5.32 Å². The van der Waals surface area contributed by atoms with Gasteiger partial charge in [0.15, 0.2) is 0 Å². The molecule has 1 heterocycles. The first-order valence-corrected chi connectivity index (χ1v) is 10.3. The van der Waals surface area contributed by atoms with Crippen LogP contribution in [0.25, 0.3) is 17.0 Å². The third kappa shape index (κ3) is 4.60. The molecule has 0 spiro atoms. The van der Waals surface area contributed by atoms with Crippen LogP contribution in [-0.4, -0.2) is 10.5 Å². The zero-order chi connectivity index (χ0) is 22.7. The minimum atomic E-state index is -0.445. The van der Waals surface area contributed by atoms with Crippen molar-refractivity contribution < 1.29 is 9.18 Å². The summed E-state index contributed by atoms with van der Waals surface area (Å²) in [6, 6.07) is 21.9. The van der Waals surface area contributed by atoms with Crippen LogP contribution in [0.3, 0.4) is 0 Å². The number of aromatic nitrogens is 1. The van der Waals surface area contributed by atoms with Crippen molar-refractivity contribution in [2.24, 2.45) is 0 Å². The fourth-order valence-electron chi connectivity index (χ4n) is 3.61. The van der Waals surface area contributed by atoms with Gasteiger partial charge in [-0.2, -0.15) is 5.26 Å². The smallest absolute Gasteiger partial charge is 0.266 e. The molecule has 0 aliphatic carbocycles. The molecule has 3 aromatic carbocycles. The molecule has 1 amide bonds. The Labute approximate surface area is 186 Å². The molecule has 0 fully saturated rings. The number of halogens is 1. The summed E-state index contributed by atoms with van der Waals surface area (Å²) in [5.41, 5.74) is 5.51. The predicted molar refractivity (Wildman–Crippen MR) is 126 cm³/mol. The second-order valence-corrected chi connectivity index (χ2v) is 7.81. The SMILES string of the molecule is Cc1ccc(NC(=O)/C(C#N)=C/c2ccc3c(ccn3Cc3cccc(F)c3)c2)cc1C. The van der Waals surface area contributed by atoms with E-state index in [1.807, 2.05) is 79.2 Å². The summed E-state index contributed by atoms with van der Waals surface area (Å²) in [7, 11) is 0. The predicted octanol–water partition coefficient (Wildman–Crippen LogP) is 5.99. The highest BCUT2D eigenvalue weighted by atomic mass is 19.1. The molecule has 1 aromatic heterocycles. The van der Waals surface area contributed by atoms with Crippen LogP contribution in [0.1, 0.15) is 22.3 Å². The molecule has 0 saturated carbocycles. The molecule has 0 unspecified atom stereocenters. The van der Waals surface area contributed by atoms with Crippen molar-refractivity contribution in [1.29, 1.82) is 5.26 Å².